The van der Waals surface area contributed by atoms with Crippen LogP contribution < -0.4 is 0 Å². The second-order valence-electron chi connectivity index (χ2n) is 20.2. The molecule has 1 atom stereocenters. The van der Waals surface area contributed by atoms with Crippen LogP contribution >= 0.6 is 0 Å². The van der Waals surface area contributed by atoms with Crippen molar-refractivity contribution in [2.75, 3.05) is 13.2 Å². The summed E-state index contributed by atoms with van der Waals surface area (Å²) in [5, 5.41) is 0. The first-order chi connectivity index (χ1) is 34.0. The normalized spacial score (nSPS) is 12.3. The van der Waals surface area contributed by atoms with Crippen molar-refractivity contribution < 1.29 is 28.6 Å². The Hall–Kier alpha value is -2.63. The van der Waals surface area contributed by atoms with Crippen molar-refractivity contribution in [2.45, 2.75) is 322 Å². The van der Waals surface area contributed by atoms with Crippen LogP contribution in [0.25, 0.3) is 0 Å². The number of allylic oxidation sites excluding steroid dienone is 8. The molecular formula is C63H114O6. The number of ether oxygens (including phenoxy) is 3. The van der Waals surface area contributed by atoms with Crippen molar-refractivity contribution >= 4 is 17.9 Å². The van der Waals surface area contributed by atoms with Crippen LogP contribution in [0.5, 0.6) is 0 Å². The maximum atomic E-state index is 12.9. The van der Waals surface area contributed by atoms with Crippen molar-refractivity contribution in [3.8, 4) is 0 Å². The first kappa shape index (κ1) is 66.4. The monoisotopic (exact) mass is 967 g/mol. The predicted molar refractivity (Wildman–Crippen MR) is 298 cm³/mol. The molecule has 0 N–H and O–H groups in total. The van der Waals surface area contributed by atoms with Crippen LogP contribution in [0.4, 0.5) is 0 Å². The fourth-order valence-corrected chi connectivity index (χ4v) is 8.81. The van der Waals surface area contributed by atoms with Gasteiger partial charge in [0.05, 0.1) is 0 Å². The van der Waals surface area contributed by atoms with E-state index in [-0.39, 0.29) is 31.1 Å². The smallest absolute Gasteiger partial charge is 0.306 e. The van der Waals surface area contributed by atoms with E-state index < -0.39 is 6.10 Å². The zero-order valence-corrected chi connectivity index (χ0v) is 46.1. The van der Waals surface area contributed by atoms with Crippen LogP contribution in [-0.2, 0) is 28.6 Å². The van der Waals surface area contributed by atoms with E-state index >= 15 is 0 Å². The van der Waals surface area contributed by atoms with Gasteiger partial charge in [-0.15, -0.1) is 0 Å². The van der Waals surface area contributed by atoms with E-state index in [1.54, 1.807) is 0 Å². The first-order valence-corrected chi connectivity index (χ1v) is 30.1. The zero-order chi connectivity index (χ0) is 50.0. The van der Waals surface area contributed by atoms with E-state index in [4.69, 9.17) is 14.2 Å². The molecule has 0 aliphatic heterocycles. The molecule has 402 valence electrons. The molecule has 0 spiro atoms. The quantitative estimate of drug-likeness (QED) is 0.0262. The first-order valence-electron chi connectivity index (χ1n) is 30.1. The number of carbonyl (C=O) groups is 3. The highest BCUT2D eigenvalue weighted by molar-refractivity contribution is 5.71. The highest BCUT2D eigenvalue weighted by atomic mass is 16.6. The number of hydrogen-bond acceptors (Lipinski definition) is 6. The predicted octanol–water partition coefficient (Wildman–Crippen LogP) is 20.2. The molecule has 0 saturated heterocycles. The molecule has 6 heteroatoms. The Balaban J connectivity index is 4.32. The lowest BCUT2D eigenvalue weighted by Gasteiger charge is -2.18. The second-order valence-corrected chi connectivity index (χ2v) is 20.2. The highest BCUT2D eigenvalue weighted by Crippen LogP contribution is 2.17. The summed E-state index contributed by atoms with van der Waals surface area (Å²) >= 11 is 0. The topological polar surface area (TPSA) is 78.9 Å². The minimum absolute atomic E-state index is 0.0789. The molecule has 0 heterocycles. The van der Waals surface area contributed by atoms with Crippen molar-refractivity contribution in [1.29, 1.82) is 0 Å². The third kappa shape index (κ3) is 56.2. The van der Waals surface area contributed by atoms with Gasteiger partial charge in [0.25, 0.3) is 0 Å². The maximum absolute atomic E-state index is 12.9. The molecule has 0 fully saturated rings. The van der Waals surface area contributed by atoms with Crippen LogP contribution in [0.1, 0.15) is 316 Å². The second kappa shape index (κ2) is 57.9. The average Bonchev–Trinajstić information content (AvgIpc) is 3.35. The number of carbonyl (C=O) groups excluding carboxylic acids is 3. The van der Waals surface area contributed by atoms with Crippen molar-refractivity contribution in [1.82, 2.24) is 0 Å². The van der Waals surface area contributed by atoms with E-state index in [0.29, 0.717) is 19.3 Å². The number of rotatable bonds is 55. The Kier molecular flexibility index (Phi) is 55.7. The van der Waals surface area contributed by atoms with E-state index in [0.717, 1.165) is 109 Å². The summed E-state index contributed by atoms with van der Waals surface area (Å²) in [4.78, 5) is 38.2. The largest absolute Gasteiger partial charge is 0.462 e. The molecule has 0 aliphatic carbocycles. The molecule has 0 aliphatic rings. The molecule has 69 heavy (non-hydrogen) atoms. The van der Waals surface area contributed by atoms with E-state index in [1.165, 1.54) is 167 Å². The van der Waals surface area contributed by atoms with Crippen molar-refractivity contribution in [2.24, 2.45) is 0 Å². The summed E-state index contributed by atoms with van der Waals surface area (Å²) in [6.07, 6.45) is 71.1. The molecule has 0 aromatic heterocycles. The molecular weight excluding hydrogens is 853 g/mol. The summed E-state index contributed by atoms with van der Waals surface area (Å²) < 4.78 is 16.9. The molecule has 0 aromatic rings. The van der Waals surface area contributed by atoms with Gasteiger partial charge in [0.1, 0.15) is 13.2 Å². The Morgan fingerprint density at radius 3 is 0.899 bits per heavy atom. The van der Waals surface area contributed by atoms with Gasteiger partial charge >= 0.3 is 17.9 Å². The van der Waals surface area contributed by atoms with Gasteiger partial charge < -0.3 is 14.2 Å². The lowest BCUT2D eigenvalue weighted by molar-refractivity contribution is -0.167. The molecule has 6 nitrogen and oxygen atoms in total. The molecule has 0 amide bonds. The lowest BCUT2D eigenvalue weighted by Crippen LogP contribution is -2.30. The molecule has 0 radical (unpaired) electrons. The van der Waals surface area contributed by atoms with Crippen LogP contribution in [0, 0.1) is 0 Å². The van der Waals surface area contributed by atoms with E-state index in [9.17, 15) is 14.4 Å². The highest BCUT2D eigenvalue weighted by Gasteiger charge is 2.19. The fraction of sp³-hybridized carbons (Fsp3) is 0.825. The van der Waals surface area contributed by atoms with Gasteiger partial charge in [0.2, 0.25) is 0 Å². The van der Waals surface area contributed by atoms with Crippen LogP contribution in [0.15, 0.2) is 48.6 Å². The van der Waals surface area contributed by atoms with Gasteiger partial charge in [0, 0.05) is 19.3 Å². The third-order valence-electron chi connectivity index (χ3n) is 13.3. The van der Waals surface area contributed by atoms with Crippen LogP contribution in [-0.4, -0.2) is 37.2 Å². The summed E-state index contributed by atoms with van der Waals surface area (Å²) in [5.74, 6) is -0.888. The summed E-state index contributed by atoms with van der Waals surface area (Å²) in [7, 11) is 0. The average molecular weight is 968 g/mol. The van der Waals surface area contributed by atoms with Gasteiger partial charge in [-0.05, 0) is 77.0 Å². The lowest BCUT2D eigenvalue weighted by atomic mass is 10.0. The SMILES string of the molecule is CC/C=C\C/C=C\C/C=C\CCCCCCCC(=O)OC[C@H](COC(=O)CCCCCCCCCCCCCCCCCCCCCCC)OC(=O)CCCCCCC/C=C\CCCCCCCC. The minimum Gasteiger partial charge on any atom is -0.462 e. The van der Waals surface area contributed by atoms with Crippen molar-refractivity contribution in [3.05, 3.63) is 48.6 Å². The Bertz CT molecular complexity index is 1200. The van der Waals surface area contributed by atoms with Gasteiger partial charge in [-0.3, -0.25) is 14.4 Å². The van der Waals surface area contributed by atoms with Crippen LogP contribution in [0.2, 0.25) is 0 Å². The molecule has 0 unspecified atom stereocenters. The number of hydrogen-bond donors (Lipinski definition) is 0. The van der Waals surface area contributed by atoms with Gasteiger partial charge in [-0.1, -0.05) is 268 Å². The number of unbranched alkanes of at least 4 members (excludes halogenated alkanes) is 36. The van der Waals surface area contributed by atoms with Gasteiger partial charge in [-0.25, -0.2) is 0 Å². The van der Waals surface area contributed by atoms with Crippen LogP contribution in [0.3, 0.4) is 0 Å². The van der Waals surface area contributed by atoms with E-state index in [1.807, 2.05) is 0 Å². The third-order valence-corrected chi connectivity index (χ3v) is 13.3. The standard InChI is InChI=1S/C63H114O6/c1-4-7-10-13-16-19-22-25-28-29-30-31-32-33-36-38-41-44-47-50-53-56-62(65)68-59-60(69-63(66)57-54-51-48-45-42-39-35-27-24-21-18-15-12-9-6-3)58-67-61(64)55-52-49-46-43-40-37-34-26-23-20-17-14-11-8-5-2/h8,11,17,20,26-27,34-35,60H,4-7,9-10,12-16,18-19,21-25,28-33,36-59H2,1-3H3/b11-8-,20-17-,34-26-,35-27-/t60-/m1/s1. The molecule has 0 bridgehead atoms. The van der Waals surface area contributed by atoms with E-state index in [2.05, 4.69) is 69.4 Å². The zero-order valence-electron chi connectivity index (χ0n) is 46.1. The van der Waals surface area contributed by atoms with Crippen molar-refractivity contribution in [3.63, 3.8) is 0 Å². The Morgan fingerprint density at radius 1 is 0.304 bits per heavy atom. The van der Waals surface area contributed by atoms with Gasteiger partial charge in [0.15, 0.2) is 6.10 Å². The Morgan fingerprint density at radius 2 is 0.565 bits per heavy atom. The summed E-state index contributed by atoms with van der Waals surface area (Å²) in [6.45, 7) is 6.55. The molecule has 0 saturated carbocycles. The fourth-order valence-electron chi connectivity index (χ4n) is 8.81. The summed E-state index contributed by atoms with van der Waals surface area (Å²) in [6, 6.07) is 0. The molecule has 0 aromatic carbocycles. The van der Waals surface area contributed by atoms with Gasteiger partial charge in [-0.2, -0.15) is 0 Å². The maximum Gasteiger partial charge on any atom is 0.306 e. The summed E-state index contributed by atoms with van der Waals surface area (Å²) in [5.41, 5.74) is 0. The molecule has 0 rings (SSSR count). The Labute approximate surface area is 428 Å². The number of esters is 3. The minimum atomic E-state index is -0.783.